The van der Waals surface area contributed by atoms with Gasteiger partial charge in [0.1, 0.15) is 12.4 Å². The van der Waals surface area contributed by atoms with E-state index in [2.05, 4.69) is 33.9 Å². The number of benzene rings is 1. The molecule has 3 atom stereocenters. The minimum absolute atomic E-state index is 0.0884. The van der Waals surface area contributed by atoms with Crippen molar-refractivity contribution in [3.8, 4) is 17.2 Å². The van der Waals surface area contributed by atoms with E-state index in [1.807, 2.05) is 20.8 Å². The highest BCUT2D eigenvalue weighted by Crippen LogP contribution is 2.45. The van der Waals surface area contributed by atoms with Crippen LogP contribution in [0.5, 0.6) is 17.2 Å². The first-order valence-electron chi connectivity index (χ1n) is 10.3. The van der Waals surface area contributed by atoms with Crippen LogP contribution in [0.3, 0.4) is 0 Å². The first-order valence-corrected chi connectivity index (χ1v) is 13.2. The van der Waals surface area contributed by atoms with Gasteiger partial charge in [-0.1, -0.05) is 20.8 Å². The molecule has 2 unspecified atom stereocenters. The van der Waals surface area contributed by atoms with E-state index in [1.54, 1.807) is 12.1 Å². The molecular formula is C22H34O6Si. The number of ketones is 1. The summed E-state index contributed by atoms with van der Waals surface area (Å²) in [6, 6.07) is 3.36. The van der Waals surface area contributed by atoms with E-state index in [0.717, 1.165) is 0 Å². The van der Waals surface area contributed by atoms with E-state index in [1.165, 1.54) is 0 Å². The second kappa shape index (κ2) is 7.29. The number of hydrogen-bond acceptors (Lipinski definition) is 6. The number of Topliss-reactive ketones (excluding diaryl/α,β-unsaturated/α-hetero) is 1. The fourth-order valence-corrected chi connectivity index (χ4v) is 4.99. The molecular weight excluding hydrogens is 388 g/mol. The molecule has 0 saturated carbocycles. The molecule has 0 aromatic heterocycles. The maximum Gasteiger partial charge on any atom is 0.246 e. The number of ether oxygens (including phenoxy) is 3. The molecule has 3 rings (SSSR count). The summed E-state index contributed by atoms with van der Waals surface area (Å²) in [4.78, 5) is 13.1. The van der Waals surface area contributed by atoms with Crippen LogP contribution in [0.25, 0.3) is 0 Å². The van der Waals surface area contributed by atoms with Gasteiger partial charge >= 0.3 is 0 Å². The van der Waals surface area contributed by atoms with E-state index in [-0.39, 0.29) is 23.5 Å². The highest BCUT2D eigenvalue weighted by atomic mass is 28.4. The summed E-state index contributed by atoms with van der Waals surface area (Å²) in [5.41, 5.74) is 0.429. The van der Waals surface area contributed by atoms with Gasteiger partial charge < -0.3 is 23.7 Å². The van der Waals surface area contributed by atoms with Gasteiger partial charge in [0.2, 0.25) is 5.79 Å². The Kier molecular flexibility index (Phi) is 5.56. The number of carbonyl (C=O) groups is 1. The molecule has 0 saturated heterocycles. The van der Waals surface area contributed by atoms with Crippen LogP contribution in [-0.4, -0.2) is 43.8 Å². The van der Waals surface area contributed by atoms with Crippen molar-refractivity contribution >= 4 is 14.1 Å². The van der Waals surface area contributed by atoms with Crippen molar-refractivity contribution in [3.63, 3.8) is 0 Å². The van der Waals surface area contributed by atoms with Gasteiger partial charge in [-0.2, -0.15) is 0 Å². The molecule has 1 N–H and O–H groups in total. The highest BCUT2D eigenvalue weighted by molar-refractivity contribution is 6.74. The Balaban J connectivity index is 1.70. The Morgan fingerprint density at radius 3 is 2.38 bits per heavy atom. The number of hydrogen-bond donors (Lipinski definition) is 1. The molecule has 2 heterocycles. The summed E-state index contributed by atoms with van der Waals surface area (Å²) >= 11 is 0. The molecule has 1 aromatic rings. The Hall–Kier alpha value is -1.57. The minimum atomic E-state index is -1.94. The Morgan fingerprint density at radius 2 is 1.79 bits per heavy atom. The number of rotatable bonds is 5. The maximum absolute atomic E-state index is 13.1. The molecule has 0 amide bonds. The summed E-state index contributed by atoms with van der Waals surface area (Å²) < 4.78 is 23.6. The average Bonchev–Trinajstić information content (AvgIpc) is 2.84. The molecule has 6 nitrogen and oxygen atoms in total. The van der Waals surface area contributed by atoms with E-state index in [4.69, 9.17) is 18.6 Å². The van der Waals surface area contributed by atoms with Crippen molar-refractivity contribution in [2.24, 2.45) is 5.92 Å². The van der Waals surface area contributed by atoms with Gasteiger partial charge in [0.15, 0.2) is 25.6 Å². The monoisotopic (exact) mass is 422 g/mol. The van der Waals surface area contributed by atoms with Gasteiger partial charge in [0.25, 0.3) is 0 Å². The van der Waals surface area contributed by atoms with Crippen LogP contribution in [0.15, 0.2) is 12.1 Å². The predicted molar refractivity (Wildman–Crippen MR) is 113 cm³/mol. The molecule has 2 aliphatic heterocycles. The first kappa shape index (κ1) is 22.1. The lowest BCUT2D eigenvalue weighted by atomic mass is 9.88. The molecule has 0 spiro atoms. The van der Waals surface area contributed by atoms with Crippen LogP contribution in [0.1, 0.15) is 58.3 Å². The average molecular weight is 423 g/mol. The summed E-state index contributed by atoms with van der Waals surface area (Å²) in [5, 5.41) is 10.9. The molecule has 1 aromatic carbocycles. The molecule has 0 fully saturated rings. The lowest BCUT2D eigenvalue weighted by Gasteiger charge is -2.39. The SMILES string of the molecule is C[C@H](CC(O)C1COc2cc3c(cc2C1=O)OC(C)(C)O3)O[Si](C)(C)C(C)(C)C. The van der Waals surface area contributed by atoms with E-state index < -0.39 is 26.1 Å². The number of fused-ring (bicyclic) bond motifs is 2. The second-order valence-corrected chi connectivity index (χ2v) is 14.9. The zero-order chi connectivity index (χ0) is 21.8. The maximum atomic E-state index is 13.1. The van der Waals surface area contributed by atoms with Crippen LogP contribution in [0, 0.1) is 5.92 Å². The third-order valence-corrected chi connectivity index (χ3v) is 10.7. The molecule has 162 valence electrons. The van der Waals surface area contributed by atoms with Crippen molar-refractivity contribution < 1.29 is 28.5 Å². The Bertz CT molecular complexity index is 795. The molecule has 0 aliphatic carbocycles. The largest absolute Gasteiger partial charge is 0.492 e. The molecule has 29 heavy (non-hydrogen) atoms. The van der Waals surface area contributed by atoms with Crippen LogP contribution in [-0.2, 0) is 4.43 Å². The van der Waals surface area contributed by atoms with Crippen LogP contribution >= 0.6 is 0 Å². The highest BCUT2D eigenvalue weighted by Gasteiger charge is 2.41. The summed E-state index contributed by atoms with van der Waals surface area (Å²) in [7, 11) is -1.94. The zero-order valence-corrected chi connectivity index (χ0v) is 19.8. The van der Waals surface area contributed by atoms with Crippen LogP contribution in [0.2, 0.25) is 18.1 Å². The van der Waals surface area contributed by atoms with Crippen molar-refractivity contribution in [2.75, 3.05) is 6.61 Å². The van der Waals surface area contributed by atoms with Crippen LogP contribution < -0.4 is 14.2 Å². The Labute approximate surface area is 174 Å². The third kappa shape index (κ3) is 4.46. The van der Waals surface area contributed by atoms with Gasteiger partial charge in [-0.15, -0.1) is 0 Å². The van der Waals surface area contributed by atoms with Crippen molar-refractivity contribution in [1.82, 2.24) is 0 Å². The molecule has 7 heteroatoms. The van der Waals surface area contributed by atoms with Crippen molar-refractivity contribution in [2.45, 2.75) is 84.1 Å². The van der Waals surface area contributed by atoms with Gasteiger partial charge in [-0.05, 0) is 37.5 Å². The minimum Gasteiger partial charge on any atom is -0.492 e. The van der Waals surface area contributed by atoms with E-state index in [0.29, 0.717) is 29.2 Å². The van der Waals surface area contributed by atoms with Crippen molar-refractivity contribution in [3.05, 3.63) is 17.7 Å². The lowest BCUT2D eigenvalue weighted by Crippen LogP contribution is -2.45. The van der Waals surface area contributed by atoms with Crippen LogP contribution in [0.4, 0.5) is 0 Å². The summed E-state index contributed by atoms with van der Waals surface area (Å²) in [5.74, 6) is 0.0392. The fraction of sp³-hybridized carbons (Fsp3) is 0.682. The van der Waals surface area contributed by atoms with Gasteiger partial charge in [-0.3, -0.25) is 4.79 Å². The number of aliphatic hydroxyl groups is 1. The summed E-state index contributed by atoms with van der Waals surface area (Å²) in [6.07, 6.45) is -0.589. The lowest BCUT2D eigenvalue weighted by molar-refractivity contribution is -0.0431. The molecule has 0 radical (unpaired) electrons. The predicted octanol–water partition coefficient (Wildman–Crippen LogP) is 4.55. The quantitative estimate of drug-likeness (QED) is 0.702. The Morgan fingerprint density at radius 1 is 1.21 bits per heavy atom. The molecule has 0 bridgehead atoms. The smallest absolute Gasteiger partial charge is 0.246 e. The summed E-state index contributed by atoms with van der Waals surface area (Å²) in [6.45, 7) is 16.6. The van der Waals surface area contributed by atoms with Gasteiger partial charge in [0.05, 0.1) is 17.6 Å². The van der Waals surface area contributed by atoms with Gasteiger partial charge in [-0.25, -0.2) is 0 Å². The number of carbonyl (C=O) groups excluding carboxylic acids is 1. The van der Waals surface area contributed by atoms with Gasteiger partial charge in [0, 0.05) is 26.0 Å². The zero-order valence-electron chi connectivity index (χ0n) is 18.8. The van der Waals surface area contributed by atoms with E-state index in [9.17, 15) is 9.90 Å². The topological polar surface area (TPSA) is 74.2 Å². The number of aliphatic hydroxyl groups excluding tert-OH is 1. The standard InChI is InChI=1S/C22H34O6Si/c1-13(28-29(7,8)21(2,3)4)9-16(23)15-12-25-17-11-19-18(10-14(17)20(15)24)26-22(5,6)27-19/h10-11,13,15-16,23H,9,12H2,1-8H3/t13-,15?,16?/m1/s1. The third-order valence-electron chi connectivity index (χ3n) is 6.12. The first-order chi connectivity index (χ1) is 13.2. The normalized spacial score (nSPS) is 22.7. The second-order valence-electron chi connectivity index (χ2n) is 10.2. The van der Waals surface area contributed by atoms with Crippen molar-refractivity contribution in [1.29, 1.82) is 0 Å². The fourth-order valence-electron chi connectivity index (χ4n) is 3.54. The molecule has 2 aliphatic rings. The van der Waals surface area contributed by atoms with E-state index >= 15 is 0 Å².